The van der Waals surface area contributed by atoms with Crippen molar-refractivity contribution in [1.29, 1.82) is 0 Å². The Morgan fingerprint density at radius 3 is 2.65 bits per heavy atom. The summed E-state index contributed by atoms with van der Waals surface area (Å²) in [5.74, 6) is 0.00134. The molecule has 6 nitrogen and oxygen atoms in total. The van der Waals surface area contributed by atoms with Gasteiger partial charge >= 0.3 is 12.0 Å². The predicted molar refractivity (Wildman–Crippen MR) is 75.6 cm³/mol. The van der Waals surface area contributed by atoms with E-state index in [9.17, 15) is 9.59 Å². The van der Waals surface area contributed by atoms with Gasteiger partial charge in [-0.3, -0.25) is 9.69 Å². The number of hydrogen-bond donors (Lipinski definition) is 2. The highest BCUT2D eigenvalue weighted by Gasteiger charge is 2.26. The fourth-order valence-electron chi connectivity index (χ4n) is 2.74. The van der Waals surface area contributed by atoms with Crippen molar-refractivity contribution in [3.05, 3.63) is 0 Å². The Kier molecular flexibility index (Phi) is 5.23. The van der Waals surface area contributed by atoms with Gasteiger partial charge in [0, 0.05) is 32.2 Å². The lowest BCUT2D eigenvalue weighted by Crippen LogP contribution is -2.45. The molecule has 2 fully saturated rings. The molecule has 2 amide bonds. The molecule has 0 aromatic heterocycles. The second-order valence-electron chi connectivity index (χ2n) is 6.04. The second kappa shape index (κ2) is 6.92. The number of amides is 2. The van der Waals surface area contributed by atoms with E-state index in [0.29, 0.717) is 19.6 Å². The highest BCUT2D eigenvalue weighted by Crippen LogP contribution is 2.33. The minimum atomic E-state index is -0.805. The van der Waals surface area contributed by atoms with E-state index < -0.39 is 5.97 Å². The Morgan fingerprint density at radius 1 is 1.25 bits per heavy atom. The van der Waals surface area contributed by atoms with Crippen LogP contribution in [-0.2, 0) is 4.79 Å². The molecule has 2 N–H and O–H groups in total. The van der Waals surface area contributed by atoms with Crippen molar-refractivity contribution in [2.75, 3.05) is 32.7 Å². The summed E-state index contributed by atoms with van der Waals surface area (Å²) in [5.41, 5.74) is 0. The maximum Gasteiger partial charge on any atom is 0.317 e. The van der Waals surface area contributed by atoms with Crippen LogP contribution in [0.25, 0.3) is 0 Å². The van der Waals surface area contributed by atoms with Crippen LogP contribution in [-0.4, -0.2) is 65.7 Å². The summed E-state index contributed by atoms with van der Waals surface area (Å²) in [6, 6.07) is 0.226. The number of nitrogens with one attached hydrogen (secondary N) is 1. The Bertz CT molecular complexity index is 358. The first-order valence-corrected chi connectivity index (χ1v) is 7.54. The molecule has 1 saturated heterocycles. The molecule has 1 aliphatic carbocycles. The van der Waals surface area contributed by atoms with E-state index in [-0.39, 0.29) is 18.6 Å². The van der Waals surface area contributed by atoms with Gasteiger partial charge in [-0.2, -0.15) is 0 Å². The van der Waals surface area contributed by atoms with E-state index >= 15 is 0 Å². The third-order valence-electron chi connectivity index (χ3n) is 3.99. The molecule has 0 aromatic rings. The number of aliphatic carboxylic acids is 1. The quantitative estimate of drug-likeness (QED) is 0.789. The first-order chi connectivity index (χ1) is 9.54. The molecular weight excluding hydrogens is 258 g/mol. The normalized spacial score (nSPS) is 22.1. The first-order valence-electron chi connectivity index (χ1n) is 7.54. The fraction of sp³-hybridized carbons (Fsp3) is 0.857. The molecule has 1 unspecified atom stereocenters. The van der Waals surface area contributed by atoms with Gasteiger partial charge in [-0.1, -0.05) is 12.8 Å². The van der Waals surface area contributed by atoms with E-state index in [2.05, 4.69) is 12.2 Å². The van der Waals surface area contributed by atoms with E-state index in [0.717, 1.165) is 25.3 Å². The molecule has 1 aliphatic heterocycles. The molecule has 1 heterocycles. The topological polar surface area (TPSA) is 72.9 Å². The van der Waals surface area contributed by atoms with Crippen LogP contribution in [0.3, 0.4) is 0 Å². The molecule has 114 valence electrons. The minimum Gasteiger partial charge on any atom is -0.480 e. The number of carbonyl (C=O) groups excluding carboxylic acids is 1. The predicted octanol–water partition coefficient (Wildman–Crippen LogP) is 0.977. The largest absolute Gasteiger partial charge is 0.480 e. The first kappa shape index (κ1) is 15.1. The maximum atomic E-state index is 12.2. The van der Waals surface area contributed by atoms with Crippen molar-refractivity contribution in [3.63, 3.8) is 0 Å². The number of carboxylic acids is 1. The van der Waals surface area contributed by atoms with Crippen LogP contribution in [0.15, 0.2) is 0 Å². The lowest BCUT2D eigenvalue weighted by molar-refractivity contribution is -0.138. The van der Waals surface area contributed by atoms with E-state index in [1.807, 2.05) is 9.80 Å². The molecule has 6 heteroatoms. The molecule has 20 heavy (non-hydrogen) atoms. The summed E-state index contributed by atoms with van der Waals surface area (Å²) >= 11 is 0. The Hall–Kier alpha value is -1.30. The average Bonchev–Trinajstić information content (AvgIpc) is 3.15. The van der Waals surface area contributed by atoms with Gasteiger partial charge < -0.3 is 15.3 Å². The number of nitrogens with zero attached hydrogens (tertiary/aromatic N) is 2. The molecule has 2 aliphatic rings. The van der Waals surface area contributed by atoms with Gasteiger partial charge in [0.1, 0.15) is 0 Å². The van der Waals surface area contributed by atoms with Gasteiger partial charge in [0.2, 0.25) is 0 Å². The zero-order valence-corrected chi connectivity index (χ0v) is 12.2. The summed E-state index contributed by atoms with van der Waals surface area (Å²) in [5, 5.41) is 11.9. The molecular formula is C14H25N3O3. The highest BCUT2D eigenvalue weighted by molar-refractivity contribution is 5.74. The Labute approximate surface area is 120 Å². The summed E-state index contributed by atoms with van der Waals surface area (Å²) in [6.07, 6.45) is 4.50. The monoisotopic (exact) mass is 283 g/mol. The average molecular weight is 283 g/mol. The highest BCUT2D eigenvalue weighted by atomic mass is 16.4. The van der Waals surface area contributed by atoms with E-state index in [4.69, 9.17) is 5.11 Å². The summed E-state index contributed by atoms with van der Waals surface area (Å²) < 4.78 is 0. The second-order valence-corrected chi connectivity index (χ2v) is 6.04. The van der Waals surface area contributed by atoms with Gasteiger partial charge in [0.15, 0.2) is 0 Å². The number of rotatable bonds is 5. The molecule has 2 rings (SSSR count). The van der Waals surface area contributed by atoms with Crippen LogP contribution in [0.2, 0.25) is 0 Å². The lowest BCUT2D eigenvalue weighted by atomic mass is 10.2. The van der Waals surface area contributed by atoms with Crippen LogP contribution in [0.5, 0.6) is 0 Å². The summed E-state index contributed by atoms with van der Waals surface area (Å²) in [4.78, 5) is 26.6. The van der Waals surface area contributed by atoms with E-state index in [1.165, 1.54) is 12.8 Å². The van der Waals surface area contributed by atoms with Crippen LogP contribution in [0.4, 0.5) is 4.79 Å². The van der Waals surface area contributed by atoms with Crippen molar-refractivity contribution in [1.82, 2.24) is 15.1 Å². The van der Waals surface area contributed by atoms with Crippen LogP contribution >= 0.6 is 0 Å². The Balaban J connectivity index is 1.73. The molecule has 0 spiro atoms. The van der Waals surface area contributed by atoms with Crippen LogP contribution in [0, 0.1) is 5.92 Å². The third kappa shape index (κ3) is 5.00. The zero-order valence-electron chi connectivity index (χ0n) is 12.2. The summed E-state index contributed by atoms with van der Waals surface area (Å²) in [6.45, 7) is 4.82. The number of carbonyl (C=O) groups is 2. The van der Waals surface area contributed by atoms with Crippen LogP contribution < -0.4 is 5.32 Å². The van der Waals surface area contributed by atoms with Crippen molar-refractivity contribution >= 4 is 12.0 Å². The SMILES string of the molecule is CC(CC1CC1)NC(=O)N1CCCN(CC(=O)O)CC1. The summed E-state index contributed by atoms with van der Waals surface area (Å²) in [7, 11) is 0. The fourth-order valence-corrected chi connectivity index (χ4v) is 2.74. The Morgan fingerprint density at radius 2 is 2.00 bits per heavy atom. The number of urea groups is 1. The zero-order chi connectivity index (χ0) is 14.5. The van der Waals surface area contributed by atoms with Crippen molar-refractivity contribution in [3.8, 4) is 0 Å². The van der Waals surface area contributed by atoms with Gasteiger partial charge in [0.05, 0.1) is 6.54 Å². The standard InChI is InChI=1S/C14H25N3O3/c1-11(9-12-3-4-12)15-14(20)17-6-2-5-16(7-8-17)10-13(18)19/h11-12H,2-10H2,1H3,(H,15,20)(H,18,19). The van der Waals surface area contributed by atoms with Gasteiger partial charge in [-0.15, -0.1) is 0 Å². The molecule has 1 atom stereocenters. The molecule has 0 bridgehead atoms. The molecule has 0 aromatic carbocycles. The van der Waals surface area contributed by atoms with Crippen molar-refractivity contribution in [2.45, 2.75) is 38.6 Å². The van der Waals surface area contributed by atoms with E-state index in [1.54, 1.807) is 0 Å². The van der Waals surface area contributed by atoms with Gasteiger partial charge in [-0.05, 0) is 25.7 Å². The minimum absolute atomic E-state index is 0.00433. The molecule has 1 saturated carbocycles. The van der Waals surface area contributed by atoms with Crippen molar-refractivity contribution in [2.24, 2.45) is 5.92 Å². The smallest absolute Gasteiger partial charge is 0.317 e. The lowest BCUT2D eigenvalue weighted by Gasteiger charge is -2.24. The van der Waals surface area contributed by atoms with Gasteiger partial charge in [0.25, 0.3) is 0 Å². The third-order valence-corrected chi connectivity index (χ3v) is 3.99. The number of hydrogen-bond acceptors (Lipinski definition) is 3. The number of carboxylic acid groups (broad SMARTS) is 1. The molecule has 0 radical (unpaired) electrons. The maximum absolute atomic E-state index is 12.2. The van der Waals surface area contributed by atoms with Crippen LogP contribution in [0.1, 0.15) is 32.6 Å². The van der Waals surface area contributed by atoms with Gasteiger partial charge in [-0.25, -0.2) is 4.79 Å². The van der Waals surface area contributed by atoms with Crippen molar-refractivity contribution < 1.29 is 14.7 Å².